The number of hydrogen-bond acceptors (Lipinski definition) is 5. The molecule has 0 bridgehead atoms. The number of fused-ring (bicyclic) bond motifs is 1. The molecule has 0 unspecified atom stereocenters. The van der Waals surface area contributed by atoms with Crippen LogP contribution < -0.4 is 10.4 Å². The number of aromatic hydroxyl groups is 1. The molecular weight excluding hydrogens is 382 g/mol. The van der Waals surface area contributed by atoms with E-state index in [0.29, 0.717) is 26.4 Å². The molecule has 1 N–H and O–H groups in total. The molecule has 1 amide bonds. The average Bonchev–Trinajstić information content (AvgIpc) is 2.75. The van der Waals surface area contributed by atoms with E-state index in [9.17, 15) is 14.7 Å². The zero-order valence-corrected chi connectivity index (χ0v) is 17.5. The molecule has 0 saturated heterocycles. The molecule has 7 heteroatoms. The molecule has 0 aliphatic carbocycles. The fourth-order valence-electron chi connectivity index (χ4n) is 3.59. The van der Waals surface area contributed by atoms with Crippen LogP contribution in [-0.4, -0.2) is 47.5 Å². The van der Waals surface area contributed by atoms with Crippen molar-refractivity contribution >= 4 is 11.5 Å². The molecule has 1 aromatic carbocycles. The second kappa shape index (κ2) is 9.45. The molecule has 3 rings (SSSR count). The Bertz CT molecular complexity index is 1040. The van der Waals surface area contributed by atoms with Gasteiger partial charge in [0.15, 0.2) is 11.4 Å². The average molecular weight is 409 g/mol. The highest BCUT2D eigenvalue weighted by molar-refractivity contribution is 5.96. The van der Waals surface area contributed by atoms with E-state index in [2.05, 4.69) is 18.2 Å². The smallest absolute Gasteiger partial charge is 0.277 e. The Balaban J connectivity index is 2.05. The summed E-state index contributed by atoms with van der Waals surface area (Å²) in [5, 5.41) is 12.3. The predicted molar refractivity (Wildman–Crippen MR) is 117 cm³/mol. The van der Waals surface area contributed by atoms with E-state index in [1.807, 2.05) is 43.1 Å². The van der Waals surface area contributed by atoms with E-state index < -0.39 is 17.1 Å². The van der Waals surface area contributed by atoms with Crippen molar-refractivity contribution in [1.82, 2.24) is 9.58 Å². The van der Waals surface area contributed by atoms with Crippen molar-refractivity contribution in [2.75, 3.05) is 31.9 Å². The molecule has 30 heavy (non-hydrogen) atoms. The van der Waals surface area contributed by atoms with Crippen molar-refractivity contribution in [3.63, 3.8) is 0 Å². The summed E-state index contributed by atoms with van der Waals surface area (Å²) in [7, 11) is 1.57. The van der Waals surface area contributed by atoms with E-state index in [1.54, 1.807) is 16.7 Å². The molecule has 1 aliphatic rings. The zero-order valence-electron chi connectivity index (χ0n) is 17.5. The summed E-state index contributed by atoms with van der Waals surface area (Å²) in [6.45, 7) is 5.48. The first-order valence-electron chi connectivity index (χ1n) is 9.87. The Morgan fingerprint density at radius 2 is 1.97 bits per heavy atom. The van der Waals surface area contributed by atoms with Crippen molar-refractivity contribution in [2.24, 2.45) is 0 Å². The van der Waals surface area contributed by atoms with Gasteiger partial charge < -0.3 is 14.7 Å². The normalized spacial score (nSPS) is 14.5. The molecule has 0 atom stereocenters. The topological polar surface area (TPSA) is 75.0 Å². The quantitative estimate of drug-likeness (QED) is 0.712. The number of amides is 1. The summed E-state index contributed by atoms with van der Waals surface area (Å²) in [6.07, 6.45) is 7.64. The van der Waals surface area contributed by atoms with Gasteiger partial charge >= 0.3 is 0 Å². The molecule has 0 saturated carbocycles. The third kappa shape index (κ3) is 4.16. The Labute approximate surface area is 176 Å². The number of carbonyl (C=O) groups excluding carboxylic acids is 1. The number of rotatable bonds is 7. The molecule has 0 radical (unpaired) electrons. The van der Waals surface area contributed by atoms with Crippen LogP contribution in [-0.2, 0) is 11.3 Å². The lowest BCUT2D eigenvalue weighted by molar-refractivity contribution is 0.0620. The first-order chi connectivity index (χ1) is 14.5. The van der Waals surface area contributed by atoms with Crippen LogP contribution in [0.3, 0.4) is 0 Å². The van der Waals surface area contributed by atoms with Gasteiger partial charge in [-0.2, -0.15) is 0 Å². The van der Waals surface area contributed by atoms with Crippen molar-refractivity contribution in [2.45, 2.75) is 20.4 Å². The molecule has 0 fully saturated rings. The van der Waals surface area contributed by atoms with Crippen LogP contribution in [0.5, 0.6) is 5.75 Å². The van der Waals surface area contributed by atoms with E-state index in [0.717, 1.165) is 16.7 Å². The Morgan fingerprint density at radius 3 is 2.67 bits per heavy atom. The minimum atomic E-state index is -0.576. The van der Waals surface area contributed by atoms with E-state index in [-0.39, 0.29) is 5.69 Å². The number of ether oxygens (including phenoxy) is 1. The third-order valence-electron chi connectivity index (χ3n) is 5.09. The fraction of sp³-hybridized carbons (Fsp3) is 0.304. The molecule has 158 valence electrons. The largest absolute Gasteiger partial charge is 0.502 e. The number of carbonyl (C=O) groups is 1. The number of allylic oxidation sites excluding steroid dienone is 4. The van der Waals surface area contributed by atoms with Crippen molar-refractivity contribution in [3.8, 4) is 5.75 Å². The predicted octanol–water partition coefficient (Wildman–Crippen LogP) is 2.73. The molecule has 2 aromatic rings. The summed E-state index contributed by atoms with van der Waals surface area (Å²) in [4.78, 5) is 26.5. The van der Waals surface area contributed by atoms with Gasteiger partial charge in [-0.25, -0.2) is 0 Å². The Hall–Kier alpha value is -3.32. The van der Waals surface area contributed by atoms with Crippen molar-refractivity contribution in [1.29, 1.82) is 0 Å². The summed E-state index contributed by atoms with van der Waals surface area (Å²) < 4.78 is 6.70. The highest BCUT2D eigenvalue weighted by atomic mass is 16.5. The fourth-order valence-corrected chi connectivity index (χ4v) is 3.59. The first-order valence-corrected chi connectivity index (χ1v) is 9.87. The van der Waals surface area contributed by atoms with E-state index >= 15 is 0 Å². The molecule has 7 nitrogen and oxygen atoms in total. The maximum absolute atomic E-state index is 12.9. The SMILES string of the molecule is C/C=C\C(=C/C)c1ccccc1CN1CN(CCOC)C(=O)c2c(O)c(=O)ccn21. The van der Waals surface area contributed by atoms with Crippen LogP contribution in [0.1, 0.15) is 35.5 Å². The van der Waals surface area contributed by atoms with Gasteiger partial charge in [-0.15, -0.1) is 0 Å². The number of aromatic nitrogens is 1. The van der Waals surface area contributed by atoms with Crippen LogP contribution in [0.2, 0.25) is 0 Å². The lowest BCUT2D eigenvalue weighted by atomic mass is 9.99. The lowest BCUT2D eigenvalue weighted by Gasteiger charge is -2.39. The van der Waals surface area contributed by atoms with Crippen molar-refractivity contribution < 1.29 is 14.6 Å². The highest BCUT2D eigenvalue weighted by Gasteiger charge is 2.32. The number of methoxy groups -OCH3 is 1. The second-order valence-electron chi connectivity index (χ2n) is 6.99. The molecule has 2 heterocycles. The maximum Gasteiger partial charge on any atom is 0.277 e. The van der Waals surface area contributed by atoms with Gasteiger partial charge in [-0.05, 0) is 30.5 Å². The van der Waals surface area contributed by atoms with Gasteiger partial charge in [0, 0.05) is 25.9 Å². The summed E-state index contributed by atoms with van der Waals surface area (Å²) in [6, 6.07) is 9.34. The first kappa shape index (κ1) is 21.4. The Kier molecular flexibility index (Phi) is 6.74. The van der Waals surface area contributed by atoms with Crippen LogP contribution in [0, 0.1) is 0 Å². The van der Waals surface area contributed by atoms with Gasteiger partial charge in [0.25, 0.3) is 5.91 Å². The molecular formula is C23H27N3O4. The second-order valence-corrected chi connectivity index (χ2v) is 6.99. The lowest BCUT2D eigenvalue weighted by Crippen LogP contribution is -2.54. The maximum atomic E-state index is 12.9. The summed E-state index contributed by atoms with van der Waals surface area (Å²) in [5.41, 5.74) is 2.65. The van der Waals surface area contributed by atoms with Crippen LogP contribution in [0.25, 0.3) is 5.57 Å². The monoisotopic (exact) mass is 409 g/mol. The minimum absolute atomic E-state index is 0.0259. The minimum Gasteiger partial charge on any atom is -0.502 e. The zero-order chi connectivity index (χ0) is 21.7. The standard InChI is InChI=1S/C23H27N3O4/c1-4-8-17(5-2)19-10-7-6-9-18(19)15-25-16-24(13-14-30-3)23(29)21-22(28)20(27)11-12-26(21)25/h4-12,28H,13-16H2,1-3H3/b8-4-,17-5+. The number of pyridine rings is 1. The Morgan fingerprint density at radius 1 is 1.20 bits per heavy atom. The highest BCUT2D eigenvalue weighted by Crippen LogP contribution is 2.25. The van der Waals surface area contributed by atoms with Crippen LogP contribution >= 0.6 is 0 Å². The third-order valence-corrected chi connectivity index (χ3v) is 5.09. The number of benzene rings is 1. The van der Waals surface area contributed by atoms with Gasteiger partial charge in [0.05, 0.1) is 13.2 Å². The van der Waals surface area contributed by atoms with Gasteiger partial charge in [0.2, 0.25) is 5.43 Å². The number of nitrogens with zero attached hydrogens (tertiary/aromatic N) is 3. The van der Waals surface area contributed by atoms with Crippen LogP contribution in [0.4, 0.5) is 0 Å². The van der Waals surface area contributed by atoms with Crippen molar-refractivity contribution in [3.05, 3.63) is 81.8 Å². The van der Waals surface area contributed by atoms with Gasteiger partial charge in [-0.3, -0.25) is 19.3 Å². The van der Waals surface area contributed by atoms with E-state index in [1.165, 1.54) is 12.3 Å². The van der Waals surface area contributed by atoms with Crippen LogP contribution in [0.15, 0.2) is 59.6 Å². The van der Waals surface area contributed by atoms with Gasteiger partial charge in [0.1, 0.15) is 6.67 Å². The molecule has 1 aromatic heterocycles. The number of hydrogen-bond donors (Lipinski definition) is 1. The molecule has 1 aliphatic heterocycles. The molecule has 0 spiro atoms. The van der Waals surface area contributed by atoms with E-state index in [4.69, 9.17) is 4.74 Å². The summed E-state index contributed by atoms with van der Waals surface area (Å²) in [5.74, 6) is -0.930. The summed E-state index contributed by atoms with van der Waals surface area (Å²) >= 11 is 0. The van der Waals surface area contributed by atoms with Gasteiger partial charge in [-0.1, -0.05) is 42.5 Å².